The van der Waals surface area contributed by atoms with Crippen LogP contribution in [0.15, 0.2) is 41.3 Å². The summed E-state index contributed by atoms with van der Waals surface area (Å²) in [6, 6.07) is 7.28. The summed E-state index contributed by atoms with van der Waals surface area (Å²) in [7, 11) is 0.672. The van der Waals surface area contributed by atoms with Crippen LogP contribution in [0.4, 0.5) is 5.69 Å². The molecule has 2 aromatic carbocycles. The molecular weight excluding hydrogens is 512 g/mol. The maximum atomic E-state index is 12.7. The van der Waals surface area contributed by atoms with E-state index in [1.807, 2.05) is 0 Å². The highest BCUT2D eigenvalue weighted by Crippen LogP contribution is 2.38. The van der Waals surface area contributed by atoms with Crippen molar-refractivity contribution in [1.29, 1.82) is 0 Å². The molecular formula is C24H29ClN2O8S. The van der Waals surface area contributed by atoms with Crippen LogP contribution < -0.4 is 19.5 Å². The van der Waals surface area contributed by atoms with Gasteiger partial charge in [0.2, 0.25) is 15.8 Å². The first-order valence-corrected chi connectivity index (χ1v) is 12.7. The third-order valence-corrected chi connectivity index (χ3v) is 7.38. The number of carbonyl (C=O) groups excluding carboxylic acids is 2. The molecule has 0 aliphatic carbocycles. The Labute approximate surface area is 215 Å². The molecule has 0 saturated carbocycles. The Hall–Kier alpha value is -3.28. The minimum atomic E-state index is -3.75. The van der Waals surface area contributed by atoms with Crippen molar-refractivity contribution >= 4 is 45.3 Å². The average molecular weight is 541 g/mol. The van der Waals surface area contributed by atoms with Gasteiger partial charge in [0.15, 0.2) is 18.1 Å². The second-order valence-corrected chi connectivity index (χ2v) is 9.52. The van der Waals surface area contributed by atoms with Crippen LogP contribution in [0.1, 0.15) is 19.4 Å². The van der Waals surface area contributed by atoms with Gasteiger partial charge in [0.1, 0.15) is 0 Å². The van der Waals surface area contributed by atoms with Gasteiger partial charge in [-0.15, -0.1) is 0 Å². The van der Waals surface area contributed by atoms with E-state index in [1.165, 1.54) is 49.9 Å². The summed E-state index contributed by atoms with van der Waals surface area (Å²) in [5.74, 6) is -0.242. The number of amides is 1. The van der Waals surface area contributed by atoms with Crippen molar-refractivity contribution in [2.24, 2.45) is 0 Å². The topological polar surface area (TPSA) is 120 Å². The molecule has 1 N–H and O–H groups in total. The van der Waals surface area contributed by atoms with E-state index in [9.17, 15) is 18.0 Å². The molecule has 2 rings (SSSR count). The normalized spacial score (nSPS) is 11.4. The van der Waals surface area contributed by atoms with Gasteiger partial charge in [-0.1, -0.05) is 25.4 Å². The number of nitrogens with one attached hydrogen (secondary N) is 1. The summed E-state index contributed by atoms with van der Waals surface area (Å²) in [6.07, 6.45) is 2.60. The number of hydrogen-bond acceptors (Lipinski definition) is 8. The van der Waals surface area contributed by atoms with Gasteiger partial charge in [-0.05, 0) is 42.0 Å². The Morgan fingerprint density at radius 1 is 1.00 bits per heavy atom. The zero-order valence-corrected chi connectivity index (χ0v) is 22.2. The van der Waals surface area contributed by atoms with Gasteiger partial charge in [-0.2, -0.15) is 4.31 Å². The van der Waals surface area contributed by atoms with Crippen LogP contribution in [0, 0.1) is 0 Å². The molecule has 2 aromatic rings. The number of hydrogen-bond donors (Lipinski definition) is 1. The lowest BCUT2D eigenvalue weighted by Crippen LogP contribution is -2.30. The minimum Gasteiger partial charge on any atom is -0.493 e. The molecule has 196 valence electrons. The molecule has 0 saturated heterocycles. The largest absolute Gasteiger partial charge is 0.493 e. The predicted octanol–water partition coefficient (Wildman–Crippen LogP) is 3.59. The van der Waals surface area contributed by atoms with Crippen molar-refractivity contribution in [3.63, 3.8) is 0 Å². The van der Waals surface area contributed by atoms with Crippen LogP contribution in [0.5, 0.6) is 17.2 Å². The molecule has 0 fully saturated rings. The van der Waals surface area contributed by atoms with Gasteiger partial charge >= 0.3 is 5.97 Å². The van der Waals surface area contributed by atoms with Crippen molar-refractivity contribution in [2.75, 3.05) is 46.3 Å². The zero-order chi connectivity index (χ0) is 26.9. The number of nitrogens with zero attached hydrogens (tertiary/aromatic N) is 1. The molecule has 0 bridgehead atoms. The van der Waals surface area contributed by atoms with Crippen molar-refractivity contribution in [2.45, 2.75) is 18.7 Å². The Balaban J connectivity index is 2.06. The number of halogens is 1. The summed E-state index contributed by atoms with van der Waals surface area (Å²) in [5, 5.41) is 2.60. The summed E-state index contributed by atoms with van der Waals surface area (Å²) < 4.78 is 47.5. The molecule has 0 aromatic heterocycles. The number of sulfonamides is 1. The Morgan fingerprint density at radius 2 is 1.61 bits per heavy atom. The highest BCUT2D eigenvalue weighted by molar-refractivity contribution is 7.89. The maximum Gasteiger partial charge on any atom is 0.331 e. The Bertz CT molecular complexity index is 1200. The number of ether oxygens (including phenoxy) is 4. The number of carbonyl (C=O) groups is 2. The number of rotatable bonds is 12. The van der Waals surface area contributed by atoms with E-state index in [4.69, 9.17) is 30.5 Å². The smallest absolute Gasteiger partial charge is 0.331 e. The molecule has 0 radical (unpaired) electrons. The Morgan fingerprint density at radius 3 is 2.14 bits per heavy atom. The van der Waals surface area contributed by atoms with Crippen LogP contribution in [-0.2, 0) is 24.3 Å². The van der Waals surface area contributed by atoms with E-state index in [1.54, 1.807) is 26.0 Å². The number of anilines is 1. The molecule has 1 amide bonds. The molecule has 36 heavy (non-hydrogen) atoms. The first kappa shape index (κ1) is 29.0. The van der Waals surface area contributed by atoms with Gasteiger partial charge in [-0.25, -0.2) is 13.2 Å². The first-order chi connectivity index (χ1) is 17.1. The van der Waals surface area contributed by atoms with Crippen molar-refractivity contribution < 1.29 is 37.0 Å². The van der Waals surface area contributed by atoms with Gasteiger partial charge in [0.25, 0.3) is 5.91 Å². The SMILES string of the molecule is CCN(CC)S(=O)(=O)c1ccc(Cl)c(NC(=O)COC(=O)C=Cc2cc(OC)c(OC)c(OC)c2)c1. The van der Waals surface area contributed by atoms with Gasteiger partial charge in [-0.3, -0.25) is 4.79 Å². The molecule has 0 unspecified atom stereocenters. The average Bonchev–Trinajstić information content (AvgIpc) is 2.87. The molecule has 10 nitrogen and oxygen atoms in total. The van der Waals surface area contributed by atoms with Crippen LogP contribution in [-0.4, -0.2) is 65.6 Å². The first-order valence-electron chi connectivity index (χ1n) is 10.9. The van der Waals surface area contributed by atoms with Gasteiger partial charge in [0, 0.05) is 19.2 Å². The zero-order valence-electron chi connectivity index (χ0n) is 20.7. The lowest BCUT2D eigenvalue weighted by atomic mass is 10.1. The number of methoxy groups -OCH3 is 3. The highest BCUT2D eigenvalue weighted by Gasteiger charge is 2.23. The third-order valence-electron chi connectivity index (χ3n) is 5.00. The van der Waals surface area contributed by atoms with Gasteiger partial charge < -0.3 is 24.3 Å². The van der Waals surface area contributed by atoms with E-state index in [0.29, 0.717) is 35.9 Å². The number of esters is 1. The maximum absolute atomic E-state index is 12.7. The molecule has 0 aliphatic heterocycles. The van der Waals surface area contributed by atoms with Crippen molar-refractivity contribution in [3.05, 3.63) is 47.0 Å². The van der Waals surface area contributed by atoms with E-state index in [0.717, 1.165) is 6.08 Å². The van der Waals surface area contributed by atoms with E-state index >= 15 is 0 Å². The van der Waals surface area contributed by atoms with E-state index in [-0.39, 0.29) is 15.6 Å². The monoisotopic (exact) mass is 540 g/mol. The molecule has 0 aliphatic rings. The Kier molecular flexibility index (Phi) is 10.6. The quantitative estimate of drug-likeness (QED) is 0.320. The molecule has 0 atom stereocenters. The second kappa shape index (κ2) is 13.1. The van der Waals surface area contributed by atoms with Crippen LogP contribution in [0.25, 0.3) is 6.08 Å². The number of benzene rings is 2. The highest BCUT2D eigenvalue weighted by atomic mass is 35.5. The van der Waals surface area contributed by atoms with Crippen LogP contribution >= 0.6 is 11.6 Å². The summed E-state index contributed by atoms with van der Waals surface area (Å²) >= 11 is 6.12. The summed E-state index contributed by atoms with van der Waals surface area (Å²) in [6.45, 7) is 3.43. The van der Waals surface area contributed by atoms with Gasteiger partial charge in [0.05, 0.1) is 36.9 Å². The molecule has 0 spiro atoms. The fourth-order valence-corrected chi connectivity index (χ4v) is 4.86. The van der Waals surface area contributed by atoms with E-state index in [2.05, 4.69) is 5.32 Å². The van der Waals surface area contributed by atoms with E-state index < -0.39 is 28.5 Å². The van der Waals surface area contributed by atoms with Crippen LogP contribution in [0.2, 0.25) is 5.02 Å². The lowest BCUT2D eigenvalue weighted by Gasteiger charge is -2.19. The lowest BCUT2D eigenvalue weighted by molar-refractivity contribution is -0.142. The standard InChI is InChI=1S/C24H29ClN2O8S/c1-6-27(7-2)36(30,31)17-9-10-18(25)19(14-17)26-22(28)15-35-23(29)11-8-16-12-20(32-3)24(34-5)21(13-16)33-4/h8-14H,6-7,15H2,1-5H3,(H,26,28). The third kappa shape index (κ3) is 7.12. The fourth-order valence-electron chi connectivity index (χ4n) is 3.21. The van der Waals surface area contributed by atoms with Crippen LogP contribution in [0.3, 0.4) is 0 Å². The fraction of sp³-hybridized carbons (Fsp3) is 0.333. The second-order valence-electron chi connectivity index (χ2n) is 7.18. The predicted molar refractivity (Wildman–Crippen MR) is 136 cm³/mol. The minimum absolute atomic E-state index is 0.0174. The molecule has 0 heterocycles. The molecule has 12 heteroatoms. The van der Waals surface area contributed by atoms with Crippen molar-refractivity contribution in [1.82, 2.24) is 4.31 Å². The summed E-state index contributed by atoms with van der Waals surface area (Å²) in [4.78, 5) is 24.4. The van der Waals surface area contributed by atoms with Crippen molar-refractivity contribution in [3.8, 4) is 17.2 Å². The summed E-state index contributed by atoms with van der Waals surface area (Å²) in [5.41, 5.74) is 0.655.